The summed E-state index contributed by atoms with van der Waals surface area (Å²) in [6.45, 7) is 4.19. The molecule has 3 heterocycles. The molecule has 1 N–H and O–H groups in total. The Labute approximate surface area is 208 Å². The van der Waals surface area contributed by atoms with E-state index >= 15 is 0 Å². The topological polar surface area (TPSA) is 89.7 Å². The van der Waals surface area contributed by atoms with Crippen LogP contribution in [0.1, 0.15) is 36.9 Å². The van der Waals surface area contributed by atoms with Gasteiger partial charge >= 0.3 is 6.03 Å². The molecule has 2 aliphatic heterocycles. The minimum absolute atomic E-state index is 0.190. The maximum Gasteiger partial charge on any atom is 0.326 e. The van der Waals surface area contributed by atoms with Gasteiger partial charge in [0.2, 0.25) is 12.6 Å². The van der Waals surface area contributed by atoms with E-state index in [9.17, 15) is 4.79 Å². The molecule has 1 aromatic heterocycles. The summed E-state index contributed by atoms with van der Waals surface area (Å²) in [4.78, 5) is 19.8. The number of fused-ring (bicyclic) bond motifs is 1. The van der Waals surface area contributed by atoms with Crippen LogP contribution in [0.5, 0.6) is 11.5 Å². The first-order valence-corrected chi connectivity index (χ1v) is 11.8. The zero-order valence-electron chi connectivity index (χ0n) is 19.9. The molecule has 2 amide bonds. The van der Waals surface area contributed by atoms with Gasteiger partial charge in [-0.2, -0.15) is 4.98 Å². The van der Waals surface area contributed by atoms with Gasteiger partial charge in [0, 0.05) is 11.3 Å². The third-order valence-electron chi connectivity index (χ3n) is 6.48. The molecule has 8 heteroatoms. The Morgan fingerprint density at radius 3 is 2.67 bits per heavy atom. The molecule has 1 atom stereocenters. The summed E-state index contributed by atoms with van der Waals surface area (Å²) >= 11 is 0. The van der Waals surface area contributed by atoms with Crippen molar-refractivity contribution in [2.75, 3.05) is 11.7 Å². The van der Waals surface area contributed by atoms with Crippen LogP contribution in [0.3, 0.4) is 0 Å². The number of aryl methyl sites for hydroxylation is 1. The van der Waals surface area contributed by atoms with Crippen LogP contribution in [0.15, 0.2) is 83.0 Å². The first-order valence-electron chi connectivity index (χ1n) is 11.8. The van der Waals surface area contributed by atoms with Gasteiger partial charge in [0.15, 0.2) is 11.5 Å². The molecule has 0 aliphatic carbocycles. The minimum atomic E-state index is -0.450. The summed E-state index contributed by atoms with van der Waals surface area (Å²) in [6.07, 6.45) is 0.869. The van der Waals surface area contributed by atoms with E-state index in [1.807, 2.05) is 79.7 Å². The van der Waals surface area contributed by atoms with Crippen LogP contribution in [0, 0.1) is 0 Å². The number of hydrogen-bond acceptors (Lipinski definition) is 6. The summed E-state index contributed by atoms with van der Waals surface area (Å²) in [6, 6.07) is 22.6. The largest absolute Gasteiger partial charge is 0.454 e. The van der Waals surface area contributed by atoms with Crippen molar-refractivity contribution >= 4 is 17.3 Å². The van der Waals surface area contributed by atoms with Crippen molar-refractivity contribution in [2.24, 2.45) is 0 Å². The molecule has 0 bridgehead atoms. The maximum atomic E-state index is 13.4. The van der Waals surface area contributed by atoms with Crippen molar-refractivity contribution in [3.63, 3.8) is 0 Å². The van der Waals surface area contributed by atoms with E-state index in [-0.39, 0.29) is 12.8 Å². The number of ether oxygens (including phenoxy) is 2. The molecule has 36 heavy (non-hydrogen) atoms. The van der Waals surface area contributed by atoms with E-state index in [4.69, 9.17) is 19.0 Å². The molecule has 4 aromatic rings. The number of aromatic nitrogens is 2. The van der Waals surface area contributed by atoms with Gasteiger partial charge in [-0.05, 0) is 54.8 Å². The summed E-state index contributed by atoms with van der Waals surface area (Å²) in [7, 11) is 0. The first kappa shape index (κ1) is 21.9. The predicted molar refractivity (Wildman–Crippen MR) is 134 cm³/mol. The Hall–Kier alpha value is -4.59. The highest BCUT2D eigenvalue weighted by Crippen LogP contribution is 2.40. The Morgan fingerprint density at radius 2 is 1.83 bits per heavy atom. The van der Waals surface area contributed by atoms with E-state index in [1.165, 1.54) is 0 Å². The average Bonchev–Trinajstić information content (AvgIpc) is 3.58. The lowest BCUT2D eigenvalue weighted by Gasteiger charge is -2.35. The number of anilines is 1. The van der Waals surface area contributed by atoms with Gasteiger partial charge in [-0.3, -0.25) is 4.90 Å². The van der Waals surface area contributed by atoms with Gasteiger partial charge in [-0.15, -0.1) is 0 Å². The maximum absolute atomic E-state index is 13.4. The monoisotopic (exact) mass is 480 g/mol. The summed E-state index contributed by atoms with van der Waals surface area (Å²) in [5.41, 5.74) is 5.05. The first-order chi connectivity index (χ1) is 17.6. The number of hydrogen-bond donors (Lipinski definition) is 1. The molecule has 0 saturated carbocycles. The van der Waals surface area contributed by atoms with Crippen LogP contribution in [-0.2, 0) is 6.42 Å². The zero-order valence-corrected chi connectivity index (χ0v) is 19.9. The quantitative estimate of drug-likeness (QED) is 0.392. The van der Waals surface area contributed by atoms with Crippen LogP contribution < -0.4 is 19.7 Å². The Bertz CT molecular complexity index is 1480. The number of nitrogens with one attached hydrogen (secondary N) is 1. The predicted octanol–water partition coefficient (Wildman–Crippen LogP) is 5.73. The SMILES string of the molecule is CCc1cccc(N2C(=O)NC(c3ccccc3)C(c3nc(-c4ccc5c(c4)OCO5)no3)=C2C)c1. The molecular weight excluding hydrogens is 456 g/mol. The highest BCUT2D eigenvalue weighted by Gasteiger charge is 2.36. The van der Waals surface area contributed by atoms with Crippen LogP contribution in [-0.4, -0.2) is 23.0 Å². The molecule has 0 saturated heterocycles. The second-order valence-electron chi connectivity index (χ2n) is 8.64. The highest BCUT2D eigenvalue weighted by molar-refractivity contribution is 6.01. The highest BCUT2D eigenvalue weighted by atomic mass is 16.7. The smallest absolute Gasteiger partial charge is 0.326 e. The fourth-order valence-corrected chi connectivity index (χ4v) is 4.63. The molecule has 8 nitrogen and oxygen atoms in total. The molecule has 6 rings (SSSR count). The lowest BCUT2D eigenvalue weighted by atomic mass is 9.94. The molecule has 0 fully saturated rings. The molecule has 1 unspecified atom stereocenters. The Kier molecular flexibility index (Phi) is 5.41. The number of amides is 2. The zero-order chi connectivity index (χ0) is 24.6. The number of benzene rings is 3. The third-order valence-corrected chi connectivity index (χ3v) is 6.48. The number of nitrogens with zero attached hydrogens (tertiary/aromatic N) is 3. The van der Waals surface area contributed by atoms with Gasteiger partial charge in [-0.1, -0.05) is 54.5 Å². The standard InChI is InChI=1S/C28H24N4O4/c1-3-18-8-7-11-21(14-18)32-17(2)24(25(29-28(32)33)19-9-5-4-6-10-19)27-30-26(31-36-27)20-12-13-22-23(15-20)35-16-34-22/h4-15,25H,3,16H2,1-2H3,(H,29,33). The average molecular weight is 481 g/mol. The van der Waals surface area contributed by atoms with E-state index in [0.29, 0.717) is 23.2 Å². The fraction of sp³-hybridized carbons (Fsp3) is 0.179. The van der Waals surface area contributed by atoms with Crippen molar-refractivity contribution in [1.29, 1.82) is 0 Å². The van der Waals surface area contributed by atoms with Crippen molar-refractivity contribution in [3.8, 4) is 22.9 Å². The summed E-state index contributed by atoms with van der Waals surface area (Å²) in [5, 5.41) is 7.39. The van der Waals surface area contributed by atoms with Gasteiger partial charge in [0.25, 0.3) is 5.89 Å². The third kappa shape index (κ3) is 3.76. The molecule has 0 spiro atoms. The van der Waals surface area contributed by atoms with Crippen LogP contribution in [0.25, 0.3) is 17.0 Å². The van der Waals surface area contributed by atoms with Crippen molar-refractivity contribution in [3.05, 3.63) is 95.5 Å². The van der Waals surface area contributed by atoms with Gasteiger partial charge < -0.3 is 19.3 Å². The summed E-state index contributed by atoms with van der Waals surface area (Å²) < 4.78 is 16.7. The molecule has 3 aromatic carbocycles. The van der Waals surface area contributed by atoms with Crippen molar-refractivity contribution in [2.45, 2.75) is 26.3 Å². The number of allylic oxidation sites excluding steroid dienone is 1. The van der Waals surface area contributed by atoms with Gasteiger partial charge in [-0.25, -0.2) is 4.79 Å². The fourth-order valence-electron chi connectivity index (χ4n) is 4.63. The normalized spacial score (nSPS) is 16.9. The lowest BCUT2D eigenvalue weighted by molar-refractivity contribution is 0.174. The van der Waals surface area contributed by atoms with Crippen molar-refractivity contribution < 1.29 is 18.8 Å². The molecule has 2 aliphatic rings. The summed E-state index contributed by atoms with van der Waals surface area (Å²) in [5.74, 6) is 2.09. The van der Waals surface area contributed by atoms with Crippen LogP contribution in [0.4, 0.5) is 10.5 Å². The second kappa shape index (κ2) is 8.88. The number of carbonyl (C=O) groups excluding carboxylic acids is 1. The molecule has 0 radical (unpaired) electrons. The number of rotatable bonds is 5. The molecular formula is C28H24N4O4. The lowest BCUT2D eigenvalue weighted by Crippen LogP contribution is -2.46. The van der Waals surface area contributed by atoms with Crippen LogP contribution in [0.2, 0.25) is 0 Å². The number of urea groups is 1. The van der Waals surface area contributed by atoms with E-state index in [0.717, 1.165) is 40.1 Å². The Morgan fingerprint density at radius 1 is 1.00 bits per heavy atom. The number of carbonyl (C=O) groups is 1. The van der Waals surface area contributed by atoms with Gasteiger partial charge in [0.05, 0.1) is 17.3 Å². The Balaban J connectivity index is 1.47. The van der Waals surface area contributed by atoms with E-state index in [2.05, 4.69) is 17.4 Å². The van der Waals surface area contributed by atoms with Crippen LogP contribution >= 0.6 is 0 Å². The minimum Gasteiger partial charge on any atom is -0.454 e. The van der Waals surface area contributed by atoms with E-state index < -0.39 is 6.04 Å². The second-order valence-corrected chi connectivity index (χ2v) is 8.64. The van der Waals surface area contributed by atoms with Gasteiger partial charge in [0.1, 0.15) is 0 Å². The van der Waals surface area contributed by atoms with E-state index in [1.54, 1.807) is 4.90 Å². The molecule has 180 valence electrons. The van der Waals surface area contributed by atoms with Crippen molar-refractivity contribution in [1.82, 2.24) is 15.5 Å².